The molecule has 4 aromatic rings. The highest BCUT2D eigenvalue weighted by atomic mass is 16.3. The molecule has 0 saturated heterocycles. The van der Waals surface area contributed by atoms with Crippen molar-refractivity contribution >= 4 is 32.9 Å². The summed E-state index contributed by atoms with van der Waals surface area (Å²) in [5.74, 6) is 0.177. The van der Waals surface area contributed by atoms with E-state index in [1.165, 1.54) is 0 Å². The number of aryl methyl sites for hydroxylation is 4. The molecule has 0 aliphatic rings. The normalized spacial score (nSPS) is 11.7. The standard InChI is InChI=1S/C24H22N2O2/c1-13-5-7-18-17(9-13)11-16(4)22(24(18)28)25-26-23-19-8-6-14(2)10-20(19)15(3)12-21(23)27/h5-12,27-28H,1-4H3. The Kier molecular flexibility index (Phi) is 4.27. The summed E-state index contributed by atoms with van der Waals surface area (Å²) < 4.78 is 0. The maximum absolute atomic E-state index is 10.7. The molecular weight excluding hydrogens is 348 g/mol. The fourth-order valence-electron chi connectivity index (χ4n) is 3.64. The zero-order valence-corrected chi connectivity index (χ0v) is 16.4. The Labute approximate surface area is 163 Å². The van der Waals surface area contributed by atoms with Crippen molar-refractivity contribution in [2.24, 2.45) is 10.2 Å². The van der Waals surface area contributed by atoms with Crippen molar-refractivity contribution in [1.82, 2.24) is 0 Å². The Bertz CT molecular complexity index is 1270. The van der Waals surface area contributed by atoms with Gasteiger partial charge in [0.25, 0.3) is 0 Å². The molecule has 4 heteroatoms. The molecule has 4 nitrogen and oxygen atoms in total. The number of phenols is 2. The van der Waals surface area contributed by atoms with E-state index in [2.05, 4.69) is 16.3 Å². The first kappa shape index (κ1) is 18.0. The van der Waals surface area contributed by atoms with Gasteiger partial charge in [0, 0.05) is 10.8 Å². The molecule has 4 rings (SSSR count). The number of hydrogen-bond acceptors (Lipinski definition) is 4. The van der Waals surface area contributed by atoms with Gasteiger partial charge in [0.2, 0.25) is 0 Å². The van der Waals surface area contributed by atoms with Crippen molar-refractivity contribution in [1.29, 1.82) is 0 Å². The van der Waals surface area contributed by atoms with E-state index in [1.54, 1.807) is 6.07 Å². The Hall–Kier alpha value is -3.40. The number of fused-ring (bicyclic) bond motifs is 2. The van der Waals surface area contributed by atoms with Gasteiger partial charge in [-0.15, -0.1) is 10.2 Å². The van der Waals surface area contributed by atoms with Crippen molar-refractivity contribution in [2.75, 3.05) is 0 Å². The lowest BCUT2D eigenvalue weighted by Gasteiger charge is -2.10. The van der Waals surface area contributed by atoms with E-state index in [9.17, 15) is 10.2 Å². The van der Waals surface area contributed by atoms with E-state index in [0.29, 0.717) is 11.4 Å². The predicted molar refractivity (Wildman–Crippen MR) is 114 cm³/mol. The number of aromatic hydroxyl groups is 2. The number of benzene rings is 4. The van der Waals surface area contributed by atoms with Crippen molar-refractivity contribution < 1.29 is 10.2 Å². The van der Waals surface area contributed by atoms with Crippen molar-refractivity contribution in [3.63, 3.8) is 0 Å². The molecule has 0 heterocycles. The highest BCUT2D eigenvalue weighted by molar-refractivity contribution is 5.98. The summed E-state index contributed by atoms with van der Waals surface area (Å²) in [7, 11) is 0. The molecule has 0 aliphatic carbocycles. The lowest BCUT2D eigenvalue weighted by atomic mass is 10.0. The monoisotopic (exact) mass is 370 g/mol. The lowest BCUT2D eigenvalue weighted by Crippen LogP contribution is -1.84. The maximum atomic E-state index is 10.7. The lowest BCUT2D eigenvalue weighted by molar-refractivity contribution is 0.476. The molecule has 0 bridgehead atoms. The first-order valence-electron chi connectivity index (χ1n) is 9.23. The van der Waals surface area contributed by atoms with Gasteiger partial charge >= 0.3 is 0 Å². The second kappa shape index (κ2) is 6.64. The molecule has 0 amide bonds. The van der Waals surface area contributed by atoms with Crippen LogP contribution in [0.4, 0.5) is 11.4 Å². The topological polar surface area (TPSA) is 65.2 Å². The van der Waals surface area contributed by atoms with Crippen LogP contribution in [0.3, 0.4) is 0 Å². The summed E-state index contributed by atoms with van der Waals surface area (Å²) >= 11 is 0. The van der Waals surface area contributed by atoms with E-state index < -0.39 is 0 Å². The van der Waals surface area contributed by atoms with Gasteiger partial charge in [-0.05, 0) is 61.7 Å². The van der Waals surface area contributed by atoms with Crippen LogP contribution in [0.1, 0.15) is 22.3 Å². The van der Waals surface area contributed by atoms with Gasteiger partial charge in [0.1, 0.15) is 17.1 Å². The van der Waals surface area contributed by atoms with Crippen LogP contribution in [0.5, 0.6) is 11.5 Å². The highest BCUT2D eigenvalue weighted by Gasteiger charge is 2.13. The van der Waals surface area contributed by atoms with Crippen LogP contribution < -0.4 is 0 Å². The van der Waals surface area contributed by atoms with Gasteiger partial charge < -0.3 is 10.2 Å². The molecule has 0 aliphatic heterocycles. The van der Waals surface area contributed by atoms with E-state index in [0.717, 1.165) is 43.8 Å². The number of nitrogens with zero attached hydrogens (tertiary/aromatic N) is 2. The summed E-state index contributed by atoms with van der Waals surface area (Å²) in [5.41, 5.74) is 4.90. The summed E-state index contributed by atoms with van der Waals surface area (Å²) in [6, 6.07) is 15.6. The quantitative estimate of drug-likeness (QED) is 0.371. The third kappa shape index (κ3) is 2.97. The van der Waals surface area contributed by atoms with Gasteiger partial charge in [0.15, 0.2) is 5.75 Å². The van der Waals surface area contributed by atoms with E-state index in [4.69, 9.17) is 0 Å². The molecule has 0 spiro atoms. The van der Waals surface area contributed by atoms with Crippen LogP contribution in [0, 0.1) is 27.7 Å². The molecule has 0 saturated carbocycles. The van der Waals surface area contributed by atoms with Crippen molar-refractivity contribution in [3.8, 4) is 11.5 Å². The number of hydrogen-bond donors (Lipinski definition) is 2. The second-order valence-electron chi connectivity index (χ2n) is 7.43. The van der Waals surface area contributed by atoms with Gasteiger partial charge in [-0.1, -0.05) is 47.5 Å². The van der Waals surface area contributed by atoms with E-state index in [1.807, 2.05) is 64.1 Å². The molecule has 2 N–H and O–H groups in total. The predicted octanol–water partition coefficient (Wildman–Crippen LogP) is 7.05. The van der Waals surface area contributed by atoms with E-state index >= 15 is 0 Å². The number of azo groups is 1. The fourth-order valence-corrected chi connectivity index (χ4v) is 3.64. The average molecular weight is 370 g/mol. The van der Waals surface area contributed by atoms with Gasteiger partial charge in [-0.3, -0.25) is 0 Å². The third-order valence-corrected chi connectivity index (χ3v) is 5.13. The molecule has 140 valence electrons. The van der Waals surface area contributed by atoms with Gasteiger partial charge in [-0.25, -0.2) is 0 Å². The number of phenolic OH excluding ortho intramolecular Hbond substituents is 2. The van der Waals surface area contributed by atoms with Crippen LogP contribution in [0.15, 0.2) is 58.8 Å². The van der Waals surface area contributed by atoms with E-state index in [-0.39, 0.29) is 11.5 Å². The fraction of sp³-hybridized carbons (Fsp3) is 0.167. The minimum atomic E-state index is 0.0751. The van der Waals surface area contributed by atoms with Gasteiger partial charge in [-0.2, -0.15) is 0 Å². The first-order valence-corrected chi connectivity index (χ1v) is 9.23. The Morgan fingerprint density at radius 3 is 2.00 bits per heavy atom. The molecule has 0 atom stereocenters. The average Bonchev–Trinajstić information content (AvgIpc) is 2.63. The SMILES string of the molecule is Cc1ccc2c(O)c(N=Nc3c(O)cc(C)c4cc(C)ccc34)c(C)cc2c1. The summed E-state index contributed by atoms with van der Waals surface area (Å²) in [6.45, 7) is 7.91. The zero-order valence-electron chi connectivity index (χ0n) is 16.4. The molecule has 0 aromatic heterocycles. The molecular formula is C24H22N2O2. The first-order chi connectivity index (χ1) is 13.3. The minimum Gasteiger partial charge on any atom is -0.506 e. The Balaban J connectivity index is 1.90. The maximum Gasteiger partial charge on any atom is 0.151 e. The molecule has 0 fully saturated rings. The van der Waals surface area contributed by atoms with Crippen molar-refractivity contribution in [2.45, 2.75) is 27.7 Å². The Morgan fingerprint density at radius 2 is 1.25 bits per heavy atom. The van der Waals surface area contributed by atoms with Crippen LogP contribution in [-0.4, -0.2) is 10.2 Å². The van der Waals surface area contributed by atoms with Crippen LogP contribution in [0.25, 0.3) is 21.5 Å². The van der Waals surface area contributed by atoms with Crippen molar-refractivity contribution in [3.05, 3.63) is 70.8 Å². The highest BCUT2D eigenvalue weighted by Crippen LogP contribution is 2.42. The Morgan fingerprint density at radius 1 is 0.607 bits per heavy atom. The smallest absolute Gasteiger partial charge is 0.151 e. The van der Waals surface area contributed by atoms with Crippen LogP contribution in [0.2, 0.25) is 0 Å². The molecule has 0 radical (unpaired) electrons. The molecule has 28 heavy (non-hydrogen) atoms. The number of rotatable bonds is 2. The second-order valence-corrected chi connectivity index (χ2v) is 7.43. The zero-order chi connectivity index (χ0) is 20.0. The van der Waals surface area contributed by atoms with Crippen LogP contribution >= 0.6 is 0 Å². The summed E-state index contributed by atoms with van der Waals surface area (Å²) in [6.07, 6.45) is 0. The molecule has 0 unspecified atom stereocenters. The summed E-state index contributed by atoms with van der Waals surface area (Å²) in [4.78, 5) is 0. The van der Waals surface area contributed by atoms with Crippen LogP contribution in [-0.2, 0) is 0 Å². The van der Waals surface area contributed by atoms with Gasteiger partial charge in [0.05, 0.1) is 0 Å². The largest absolute Gasteiger partial charge is 0.506 e. The minimum absolute atomic E-state index is 0.0751. The third-order valence-electron chi connectivity index (χ3n) is 5.13. The summed E-state index contributed by atoms with van der Waals surface area (Å²) in [5, 5.41) is 33.4. The molecule has 4 aromatic carbocycles.